The molecule has 2 rings (SSSR count). The number of nitrogens with zero attached hydrogens (tertiary/aromatic N) is 1. The fraction of sp³-hybridized carbons (Fsp3) is 0.562. The van der Waals surface area contributed by atoms with Crippen LogP contribution in [0.3, 0.4) is 0 Å². The van der Waals surface area contributed by atoms with Gasteiger partial charge in [0.15, 0.2) is 0 Å². The third-order valence-corrected chi connectivity index (χ3v) is 3.95. The van der Waals surface area contributed by atoms with Gasteiger partial charge in [0.05, 0.1) is 6.42 Å². The minimum atomic E-state index is 0.223. The molecule has 1 fully saturated rings. The fourth-order valence-electron chi connectivity index (χ4n) is 2.73. The van der Waals surface area contributed by atoms with Gasteiger partial charge in [-0.15, -0.1) is 0 Å². The van der Waals surface area contributed by atoms with Crippen LogP contribution in [0.5, 0.6) is 0 Å². The number of amides is 1. The number of hydrogen-bond acceptors (Lipinski definition) is 2. The first kappa shape index (κ1) is 14.1. The lowest BCUT2D eigenvalue weighted by Crippen LogP contribution is -2.44. The lowest BCUT2D eigenvalue weighted by molar-refractivity contribution is -0.132. The zero-order valence-corrected chi connectivity index (χ0v) is 11.8. The highest BCUT2D eigenvalue weighted by Crippen LogP contribution is 2.17. The van der Waals surface area contributed by atoms with Crippen molar-refractivity contribution in [3.8, 4) is 0 Å². The molecule has 1 heterocycles. The fourth-order valence-corrected chi connectivity index (χ4v) is 2.73. The molecule has 1 aliphatic rings. The highest BCUT2D eigenvalue weighted by Gasteiger charge is 2.24. The molecule has 19 heavy (non-hydrogen) atoms. The second-order valence-corrected chi connectivity index (χ2v) is 5.49. The third kappa shape index (κ3) is 3.80. The number of rotatable bonds is 3. The molecule has 1 aromatic carbocycles. The standard InChI is InChI=1S/C16H24N2O/c1-13-6-8-14(9-7-13)11-16(19)18-10-4-2-3-5-15(18)12-17/h6-9,15H,2-5,10-12,17H2,1H3. The van der Waals surface area contributed by atoms with Crippen molar-refractivity contribution in [3.63, 3.8) is 0 Å². The Morgan fingerprint density at radius 2 is 2.00 bits per heavy atom. The zero-order chi connectivity index (χ0) is 13.7. The van der Waals surface area contributed by atoms with E-state index in [9.17, 15) is 4.79 Å². The maximum Gasteiger partial charge on any atom is 0.227 e. The van der Waals surface area contributed by atoms with Crippen LogP contribution in [0.4, 0.5) is 0 Å². The number of hydrogen-bond donors (Lipinski definition) is 1. The van der Waals surface area contributed by atoms with Gasteiger partial charge < -0.3 is 10.6 Å². The van der Waals surface area contributed by atoms with Gasteiger partial charge in [0.1, 0.15) is 0 Å². The Bertz CT molecular complexity index is 413. The Kier molecular flexibility index (Phi) is 4.97. The van der Waals surface area contributed by atoms with Gasteiger partial charge in [-0.3, -0.25) is 4.79 Å². The van der Waals surface area contributed by atoms with Crippen LogP contribution < -0.4 is 5.73 Å². The number of likely N-dealkylation sites (tertiary alicyclic amines) is 1. The lowest BCUT2D eigenvalue weighted by atomic mass is 10.1. The molecular weight excluding hydrogens is 236 g/mol. The van der Waals surface area contributed by atoms with Crippen LogP contribution >= 0.6 is 0 Å². The van der Waals surface area contributed by atoms with Gasteiger partial charge in [-0.25, -0.2) is 0 Å². The van der Waals surface area contributed by atoms with E-state index in [1.165, 1.54) is 18.4 Å². The van der Waals surface area contributed by atoms with Crippen molar-refractivity contribution < 1.29 is 4.79 Å². The van der Waals surface area contributed by atoms with Crippen LogP contribution in [-0.2, 0) is 11.2 Å². The average Bonchev–Trinajstić information content (AvgIpc) is 2.66. The summed E-state index contributed by atoms with van der Waals surface area (Å²) in [7, 11) is 0. The van der Waals surface area contributed by atoms with Gasteiger partial charge in [-0.1, -0.05) is 42.7 Å². The molecule has 1 aliphatic heterocycles. The maximum atomic E-state index is 12.4. The van der Waals surface area contributed by atoms with Crippen LogP contribution in [0.15, 0.2) is 24.3 Å². The first-order valence-corrected chi connectivity index (χ1v) is 7.26. The van der Waals surface area contributed by atoms with Crippen molar-refractivity contribution >= 4 is 5.91 Å². The molecule has 1 saturated heterocycles. The van der Waals surface area contributed by atoms with Gasteiger partial charge in [0.2, 0.25) is 5.91 Å². The number of carbonyl (C=O) groups excluding carboxylic acids is 1. The zero-order valence-electron chi connectivity index (χ0n) is 11.8. The topological polar surface area (TPSA) is 46.3 Å². The lowest BCUT2D eigenvalue weighted by Gasteiger charge is -2.29. The Hall–Kier alpha value is -1.35. The average molecular weight is 260 g/mol. The first-order valence-electron chi connectivity index (χ1n) is 7.26. The molecule has 0 aromatic heterocycles. The van der Waals surface area contributed by atoms with Crippen LogP contribution in [0, 0.1) is 6.92 Å². The molecule has 0 spiro atoms. The minimum absolute atomic E-state index is 0.223. The number of benzene rings is 1. The van der Waals surface area contributed by atoms with E-state index in [-0.39, 0.29) is 11.9 Å². The second-order valence-electron chi connectivity index (χ2n) is 5.49. The van der Waals surface area contributed by atoms with E-state index in [2.05, 4.69) is 19.1 Å². The van der Waals surface area contributed by atoms with Gasteiger partial charge >= 0.3 is 0 Å². The Balaban J connectivity index is 2.02. The highest BCUT2D eigenvalue weighted by molar-refractivity contribution is 5.79. The largest absolute Gasteiger partial charge is 0.338 e. The van der Waals surface area contributed by atoms with E-state index >= 15 is 0 Å². The Morgan fingerprint density at radius 3 is 2.68 bits per heavy atom. The predicted octanol–water partition coefficient (Wildman–Crippen LogP) is 2.27. The van der Waals surface area contributed by atoms with E-state index in [1.807, 2.05) is 17.0 Å². The summed E-state index contributed by atoms with van der Waals surface area (Å²) < 4.78 is 0. The SMILES string of the molecule is Cc1ccc(CC(=O)N2CCCCCC2CN)cc1. The summed E-state index contributed by atoms with van der Waals surface area (Å²) in [6, 6.07) is 8.45. The maximum absolute atomic E-state index is 12.4. The van der Waals surface area contributed by atoms with Crippen molar-refractivity contribution in [2.75, 3.05) is 13.1 Å². The van der Waals surface area contributed by atoms with E-state index in [4.69, 9.17) is 5.73 Å². The molecule has 104 valence electrons. The van der Waals surface area contributed by atoms with Crippen molar-refractivity contribution in [3.05, 3.63) is 35.4 Å². The number of carbonyl (C=O) groups is 1. The molecular formula is C16H24N2O. The molecule has 1 amide bonds. The highest BCUT2D eigenvalue weighted by atomic mass is 16.2. The molecule has 0 radical (unpaired) electrons. The molecule has 3 heteroatoms. The molecule has 1 aromatic rings. The summed E-state index contributed by atoms with van der Waals surface area (Å²) in [5.74, 6) is 0.223. The molecule has 2 N–H and O–H groups in total. The van der Waals surface area contributed by atoms with Gasteiger partial charge in [0.25, 0.3) is 0 Å². The van der Waals surface area contributed by atoms with Gasteiger partial charge in [0, 0.05) is 19.1 Å². The third-order valence-electron chi connectivity index (χ3n) is 3.95. The second kappa shape index (κ2) is 6.71. The van der Waals surface area contributed by atoms with Crippen LogP contribution in [0.1, 0.15) is 36.8 Å². The van der Waals surface area contributed by atoms with Crippen molar-refractivity contribution in [2.45, 2.75) is 45.1 Å². The first-order chi connectivity index (χ1) is 9.20. The summed E-state index contributed by atoms with van der Waals surface area (Å²) in [4.78, 5) is 14.5. The molecule has 0 aliphatic carbocycles. The molecule has 1 unspecified atom stereocenters. The Morgan fingerprint density at radius 1 is 1.26 bits per heavy atom. The van der Waals surface area contributed by atoms with Gasteiger partial charge in [-0.2, -0.15) is 0 Å². The summed E-state index contributed by atoms with van der Waals surface area (Å²) in [5.41, 5.74) is 8.14. The van der Waals surface area contributed by atoms with E-state index in [0.717, 1.165) is 24.9 Å². The molecule has 3 nitrogen and oxygen atoms in total. The van der Waals surface area contributed by atoms with Crippen molar-refractivity contribution in [1.82, 2.24) is 4.90 Å². The van der Waals surface area contributed by atoms with Crippen molar-refractivity contribution in [2.24, 2.45) is 5.73 Å². The summed E-state index contributed by atoms with van der Waals surface area (Å²) in [6.45, 7) is 3.51. The van der Waals surface area contributed by atoms with E-state index in [1.54, 1.807) is 0 Å². The monoisotopic (exact) mass is 260 g/mol. The molecule has 0 bridgehead atoms. The van der Waals surface area contributed by atoms with Crippen molar-refractivity contribution in [1.29, 1.82) is 0 Å². The van der Waals surface area contributed by atoms with Crippen LogP contribution in [-0.4, -0.2) is 29.9 Å². The quantitative estimate of drug-likeness (QED) is 0.906. The van der Waals surface area contributed by atoms with E-state index < -0.39 is 0 Å². The summed E-state index contributed by atoms with van der Waals surface area (Å²) in [6.07, 6.45) is 5.06. The van der Waals surface area contributed by atoms with Gasteiger partial charge in [-0.05, 0) is 25.3 Å². The van der Waals surface area contributed by atoms with E-state index in [0.29, 0.717) is 13.0 Å². The number of aryl methyl sites for hydroxylation is 1. The predicted molar refractivity (Wildman–Crippen MR) is 77.9 cm³/mol. The Labute approximate surface area is 115 Å². The summed E-state index contributed by atoms with van der Waals surface area (Å²) >= 11 is 0. The van der Waals surface area contributed by atoms with Crippen LogP contribution in [0.2, 0.25) is 0 Å². The molecule has 1 atom stereocenters. The molecule has 0 saturated carbocycles. The summed E-state index contributed by atoms with van der Waals surface area (Å²) in [5, 5.41) is 0. The van der Waals surface area contributed by atoms with Crippen LogP contribution in [0.25, 0.3) is 0 Å². The minimum Gasteiger partial charge on any atom is -0.338 e. The smallest absolute Gasteiger partial charge is 0.227 e. The number of nitrogens with two attached hydrogens (primary N) is 1. The normalized spacial score (nSPS) is 20.1.